The van der Waals surface area contributed by atoms with Gasteiger partial charge in [-0.1, -0.05) is 35.9 Å². The molecule has 38 heavy (non-hydrogen) atoms. The van der Waals surface area contributed by atoms with Crippen LogP contribution in [0.4, 0.5) is 19.4 Å². The smallest absolute Gasteiger partial charge is 0.320 e. The zero-order chi connectivity index (χ0) is 26.8. The molecule has 2 amide bonds. The third-order valence-electron chi connectivity index (χ3n) is 7.28. The number of aliphatic hydroxyl groups excluding tert-OH is 1. The summed E-state index contributed by atoms with van der Waals surface area (Å²) in [5.74, 6) is -1.76. The van der Waals surface area contributed by atoms with E-state index < -0.39 is 17.7 Å². The molecule has 11 heteroatoms. The summed E-state index contributed by atoms with van der Waals surface area (Å²) in [6, 6.07) is 12.3. The summed E-state index contributed by atoms with van der Waals surface area (Å²) in [5.41, 5.74) is 1.96. The van der Waals surface area contributed by atoms with Crippen molar-refractivity contribution < 1.29 is 23.4 Å². The van der Waals surface area contributed by atoms with Crippen LogP contribution in [0.3, 0.4) is 0 Å². The molecule has 0 unspecified atom stereocenters. The van der Waals surface area contributed by atoms with E-state index in [9.17, 15) is 18.7 Å². The van der Waals surface area contributed by atoms with Crippen LogP contribution in [-0.2, 0) is 4.74 Å². The first kappa shape index (κ1) is 26.6. The molecule has 2 aliphatic rings. The number of carbonyl (C=O) groups is 1. The van der Waals surface area contributed by atoms with E-state index in [4.69, 9.17) is 16.3 Å². The Kier molecular flexibility index (Phi) is 7.94. The molecule has 3 N–H and O–H groups in total. The van der Waals surface area contributed by atoms with Crippen LogP contribution in [0.5, 0.6) is 0 Å². The normalized spacial score (nSPS) is 23.3. The van der Waals surface area contributed by atoms with E-state index >= 15 is 0 Å². The molecule has 2 heterocycles. The molecule has 202 valence electrons. The lowest BCUT2D eigenvalue weighted by atomic mass is 9.80. The van der Waals surface area contributed by atoms with Crippen LogP contribution in [0, 0.1) is 11.6 Å². The average molecular weight is 546 g/mol. The standard InChI is InChI=1S/C27H30ClF2N5O3/c1-38-10-9-34-14-20(16-7-8-21(29)22(30)13-16)23(15-34)31-27(37)32-26-24(28)25(17-11-19(36)12-17)33-35(26)18-5-3-2-4-6-18/h2-8,13,17,19-20,23,36H,9-12,14-15H2,1H3,(H2,31,32,37)/t17?,19?,20-,23+/m1/s1. The van der Waals surface area contributed by atoms with Gasteiger partial charge in [-0.2, -0.15) is 5.10 Å². The van der Waals surface area contributed by atoms with Crippen LogP contribution < -0.4 is 10.6 Å². The number of aromatic nitrogens is 2. The lowest BCUT2D eigenvalue weighted by Crippen LogP contribution is -2.42. The zero-order valence-electron chi connectivity index (χ0n) is 20.9. The molecule has 2 atom stereocenters. The topological polar surface area (TPSA) is 91.7 Å². The molecule has 1 saturated carbocycles. The number of amides is 2. The summed E-state index contributed by atoms with van der Waals surface area (Å²) in [6.45, 7) is 2.21. The summed E-state index contributed by atoms with van der Waals surface area (Å²) >= 11 is 6.73. The fourth-order valence-corrected chi connectivity index (χ4v) is 5.50. The molecule has 5 rings (SSSR count). The van der Waals surface area contributed by atoms with Crippen molar-refractivity contribution in [3.63, 3.8) is 0 Å². The highest BCUT2D eigenvalue weighted by Crippen LogP contribution is 2.42. The fourth-order valence-electron chi connectivity index (χ4n) is 5.18. The Labute approximate surface area is 224 Å². The molecular weight excluding hydrogens is 516 g/mol. The number of para-hydroxylation sites is 1. The summed E-state index contributed by atoms with van der Waals surface area (Å²) in [5, 5.41) is 20.7. The molecule has 8 nitrogen and oxygen atoms in total. The number of benzene rings is 2. The average Bonchev–Trinajstić information content (AvgIpc) is 3.43. The van der Waals surface area contributed by atoms with Crippen LogP contribution in [0.2, 0.25) is 5.02 Å². The van der Waals surface area contributed by atoms with Gasteiger partial charge in [0.1, 0.15) is 5.02 Å². The summed E-state index contributed by atoms with van der Waals surface area (Å²) in [4.78, 5) is 15.4. The first-order chi connectivity index (χ1) is 18.3. The number of likely N-dealkylation sites (tertiary alicyclic amines) is 1. The van der Waals surface area contributed by atoms with Crippen LogP contribution >= 0.6 is 11.6 Å². The molecule has 1 aliphatic carbocycles. The Bertz CT molecular complexity index is 1290. The predicted molar refractivity (Wildman–Crippen MR) is 140 cm³/mol. The first-order valence-corrected chi connectivity index (χ1v) is 13.0. The SMILES string of the molecule is COCCN1C[C@H](NC(=O)Nc2c(Cl)c(C3CC(O)C3)nn2-c2ccccc2)[C@@H](c2ccc(F)c(F)c2)C1. The number of hydrogen-bond acceptors (Lipinski definition) is 5. The predicted octanol–water partition coefficient (Wildman–Crippen LogP) is 4.28. The van der Waals surface area contributed by atoms with E-state index in [1.54, 1.807) is 17.9 Å². The van der Waals surface area contributed by atoms with Gasteiger partial charge in [0.25, 0.3) is 0 Å². The Balaban J connectivity index is 1.38. The molecule has 0 bridgehead atoms. The quantitative estimate of drug-likeness (QED) is 0.393. The number of halogens is 3. The molecule has 0 spiro atoms. The van der Waals surface area contributed by atoms with E-state index in [1.165, 1.54) is 6.07 Å². The fraction of sp³-hybridized carbons (Fsp3) is 0.407. The molecule has 1 saturated heterocycles. The maximum Gasteiger partial charge on any atom is 0.320 e. The van der Waals surface area contributed by atoms with E-state index in [2.05, 4.69) is 20.6 Å². The highest BCUT2D eigenvalue weighted by atomic mass is 35.5. The second-order valence-electron chi connectivity index (χ2n) is 9.85. The number of carbonyl (C=O) groups excluding carboxylic acids is 1. The Hall–Kier alpha value is -3.05. The minimum Gasteiger partial charge on any atom is -0.393 e. The van der Waals surface area contributed by atoms with Crippen molar-refractivity contribution in [2.75, 3.05) is 38.7 Å². The number of aliphatic hydroxyl groups is 1. The van der Waals surface area contributed by atoms with Gasteiger partial charge in [-0.3, -0.25) is 10.2 Å². The molecular formula is C27H30ClF2N5O3. The molecule has 0 radical (unpaired) electrons. The Morgan fingerprint density at radius 2 is 1.92 bits per heavy atom. The van der Waals surface area contributed by atoms with E-state index in [0.29, 0.717) is 61.2 Å². The highest BCUT2D eigenvalue weighted by molar-refractivity contribution is 6.34. The van der Waals surface area contributed by atoms with Crippen LogP contribution in [0.1, 0.15) is 35.9 Å². The molecule has 1 aliphatic heterocycles. The third-order valence-corrected chi connectivity index (χ3v) is 7.65. The Morgan fingerprint density at radius 3 is 2.61 bits per heavy atom. The molecule has 2 fully saturated rings. The van der Waals surface area contributed by atoms with Crippen molar-refractivity contribution in [1.29, 1.82) is 0 Å². The van der Waals surface area contributed by atoms with Gasteiger partial charge >= 0.3 is 6.03 Å². The maximum atomic E-state index is 14.0. The van der Waals surface area contributed by atoms with Crippen LogP contribution in [-0.4, -0.2) is 71.3 Å². The number of hydrogen-bond donors (Lipinski definition) is 3. The maximum absolute atomic E-state index is 14.0. The number of nitrogens with one attached hydrogen (secondary N) is 2. The monoisotopic (exact) mass is 545 g/mol. The van der Waals surface area contributed by atoms with Gasteiger partial charge in [-0.15, -0.1) is 0 Å². The Morgan fingerprint density at radius 1 is 1.16 bits per heavy atom. The minimum atomic E-state index is -0.923. The van der Waals surface area contributed by atoms with Crippen molar-refractivity contribution in [1.82, 2.24) is 20.0 Å². The van der Waals surface area contributed by atoms with Crippen molar-refractivity contribution in [3.05, 3.63) is 76.4 Å². The van der Waals surface area contributed by atoms with E-state index in [-0.39, 0.29) is 24.0 Å². The van der Waals surface area contributed by atoms with Gasteiger partial charge in [0.15, 0.2) is 17.5 Å². The molecule has 3 aromatic rings. The summed E-state index contributed by atoms with van der Waals surface area (Å²) < 4.78 is 34.4. The summed E-state index contributed by atoms with van der Waals surface area (Å²) in [6.07, 6.45) is 0.744. The van der Waals surface area contributed by atoms with Gasteiger partial charge in [0.2, 0.25) is 0 Å². The number of ether oxygens (including phenoxy) is 1. The second kappa shape index (κ2) is 11.4. The largest absolute Gasteiger partial charge is 0.393 e. The number of methoxy groups -OCH3 is 1. The highest BCUT2D eigenvalue weighted by Gasteiger charge is 2.37. The lowest BCUT2D eigenvalue weighted by Gasteiger charge is -2.30. The van der Waals surface area contributed by atoms with Gasteiger partial charge in [0.05, 0.1) is 30.1 Å². The summed E-state index contributed by atoms with van der Waals surface area (Å²) in [7, 11) is 1.62. The van der Waals surface area contributed by atoms with Crippen LogP contribution in [0.25, 0.3) is 5.69 Å². The third kappa shape index (κ3) is 5.54. The van der Waals surface area contributed by atoms with Crippen molar-refractivity contribution >= 4 is 23.4 Å². The minimum absolute atomic E-state index is 0.00741. The zero-order valence-corrected chi connectivity index (χ0v) is 21.7. The van der Waals surface area contributed by atoms with Crippen molar-refractivity contribution in [2.45, 2.75) is 36.8 Å². The van der Waals surface area contributed by atoms with Gasteiger partial charge in [-0.05, 0) is 42.7 Å². The number of nitrogens with zero attached hydrogens (tertiary/aromatic N) is 3. The number of anilines is 1. The molecule has 1 aromatic heterocycles. The second-order valence-corrected chi connectivity index (χ2v) is 10.2. The number of rotatable bonds is 8. The molecule has 2 aromatic carbocycles. The van der Waals surface area contributed by atoms with E-state index in [0.717, 1.165) is 11.8 Å². The van der Waals surface area contributed by atoms with Gasteiger partial charge in [-0.25, -0.2) is 18.3 Å². The van der Waals surface area contributed by atoms with Gasteiger partial charge < -0.3 is 15.2 Å². The van der Waals surface area contributed by atoms with Crippen molar-refractivity contribution in [2.24, 2.45) is 0 Å². The lowest BCUT2D eigenvalue weighted by molar-refractivity contribution is 0.0731. The van der Waals surface area contributed by atoms with E-state index in [1.807, 2.05) is 30.3 Å². The first-order valence-electron chi connectivity index (χ1n) is 12.6. The van der Waals surface area contributed by atoms with Crippen LogP contribution in [0.15, 0.2) is 48.5 Å². The number of urea groups is 1. The van der Waals surface area contributed by atoms with Crippen molar-refractivity contribution in [3.8, 4) is 5.69 Å². The van der Waals surface area contributed by atoms with Gasteiger partial charge in [0, 0.05) is 38.6 Å².